The van der Waals surface area contributed by atoms with Gasteiger partial charge in [-0.05, 0) is 73.2 Å². The average Bonchev–Trinajstić information content (AvgIpc) is 3.58. The van der Waals surface area contributed by atoms with Gasteiger partial charge in [-0.15, -0.1) is 0 Å². The van der Waals surface area contributed by atoms with Gasteiger partial charge < -0.3 is 10.1 Å². The van der Waals surface area contributed by atoms with Crippen molar-refractivity contribution in [2.45, 2.75) is 31.8 Å². The maximum absolute atomic E-state index is 13.3. The van der Waals surface area contributed by atoms with Crippen molar-refractivity contribution in [3.63, 3.8) is 0 Å². The van der Waals surface area contributed by atoms with Crippen molar-refractivity contribution in [2.24, 2.45) is 11.1 Å². The number of ketones is 1. The van der Waals surface area contributed by atoms with Gasteiger partial charge in [-0.3, -0.25) is 13.7 Å². The van der Waals surface area contributed by atoms with Gasteiger partial charge in [0.1, 0.15) is 35.2 Å². The van der Waals surface area contributed by atoms with Crippen molar-refractivity contribution >= 4 is 21.9 Å². The van der Waals surface area contributed by atoms with Gasteiger partial charge in [0, 0.05) is 18.4 Å². The maximum atomic E-state index is 13.3. The van der Waals surface area contributed by atoms with E-state index in [0.29, 0.717) is 30.3 Å². The van der Waals surface area contributed by atoms with E-state index in [9.17, 15) is 17.6 Å². The lowest BCUT2D eigenvalue weighted by Crippen LogP contribution is -2.22. The Morgan fingerprint density at radius 2 is 1.95 bits per heavy atom. The van der Waals surface area contributed by atoms with Crippen LogP contribution in [0.3, 0.4) is 0 Å². The number of hydrogen-bond donors (Lipinski definition) is 2. The molecule has 0 radical (unpaired) electrons. The fraction of sp³-hybridized carbons (Fsp3) is 0.259. The summed E-state index contributed by atoms with van der Waals surface area (Å²) in [4.78, 5) is 21.6. The van der Waals surface area contributed by atoms with Crippen LogP contribution in [0.25, 0.3) is 0 Å². The molecule has 0 saturated heterocycles. The maximum Gasteiger partial charge on any atom is 0.333 e. The van der Waals surface area contributed by atoms with Crippen LogP contribution >= 0.6 is 0 Å². The molecule has 40 heavy (non-hydrogen) atoms. The number of nitrogens with zero attached hydrogens (tertiary/aromatic N) is 4. The molecular formula is C27H27FN6O5S. The monoisotopic (exact) mass is 566 g/mol. The lowest BCUT2D eigenvalue weighted by Gasteiger charge is -2.15. The number of carbonyl (C=O) groups is 1. The molecular weight excluding hydrogens is 539 g/mol. The number of rotatable bonds is 11. The third-order valence-corrected chi connectivity index (χ3v) is 6.94. The Morgan fingerprint density at radius 1 is 1.12 bits per heavy atom. The van der Waals surface area contributed by atoms with Gasteiger partial charge >= 0.3 is 10.3 Å². The van der Waals surface area contributed by atoms with Crippen LogP contribution in [0.5, 0.6) is 11.5 Å². The van der Waals surface area contributed by atoms with E-state index in [-0.39, 0.29) is 41.4 Å². The first-order valence-corrected chi connectivity index (χ1v) is 14.0. The average molecular weight is 567 g/mol. The first kappa shape index (κ1) is 27.4. The number of hydrogen-bond acceptors (Lipinski definition) is 9. The van der Waals surface area contributed by atoms with Gasteiger partial charge in [0.05, 0.1) is 18.7 Å². The summed E-state index contributed by atoms with van der Waals surface area (Å²) >= 11 is 0. The summed E-state index contributed by atoms with van der Waals surface area (Å²) < 4.78 is 47.5. The topological polar surface area (TPSA) is 151 Å². The number of anilines is 1. The molecule has 2 atom stereocenters. The molecule has 4 aromatic rings. The van der Waals surface area contributed by atoms with E-state index >= 15 is 0 Å². The second kappa shape index (κ2) is 11.9. The Kier molecular flexibility index (Phi) is 8.14. The summed E-state index contributed by atoms with van der Waals surface area (Å²) in [7, 11) is -3.98. The Hall–Kier alpha value is -4.20. The van der Waals surface area contributed by atoms with Crippen LogP contribution in [0.1, 0.15) is 40.9 Å². The smallest absolute Gasteiger partial charge is 0.333 e. The molecule has 0 amide bonds. The number of benzene rings is 2. The Labute approximate surface area is 230 Å². The van der Waals surface area contributed by atoms with Gasteiger partial charge in [-0.1, -0.05) is 12.1 Å². The number of halogens is 1. The summed E-state index contributed by atoms with van der Waals surface area (Å²) in [6, 6.07) is 14.8. The van der Waals surface area contributed by atoms with Crippen molar-refractivity contribution in [1.82, 2.24) is 19.7 Å². The molecule has 5 rings (SSSR count). The molecule has 1 aliphatic carbocycles. The molecule has 1 aliphatic rings. The predicted octanol–water partition coefficient (Wildman–Crippen LogP) is 3.68. The van der Waals surface area contributed by atoms with Crippen LogP contribution < -0.4 is 15.2 Å². The minimum atomic E-state index is -3.98. The summed E-state index contributed by atoms with van der Waals surface area (Å²) in [5.41, 5.74) is 1.42. The molecule has 2 aromatic heterocycles. The molecule has 3 N–H and O–H groups in total. The zero-order valence-corrected chi connectivity index (χ0v) is 22.1. The third-order valence-electron chi connectivity index (χ3n) is 6.47. The van der Waals surface area contributed by atoms with Crippen molar-refractivity contribution in [1.29, 1.82) is 0 Å². The summed E-state index contributed by atoms with van der Waals surface area (Å²) in [5, 5.41) is 12.7. The lowest BCUT2D eigenvalue weighted by atomic mass is 10.1. The first-order valence-electron chi connectivity index (χ1n) is 12.6. The second-order valence-corrected chi connectivity index (χ2v) is 10.7. The van der Waals surface area contributed by atoms with Crippen LogP contribution in [-0.4, -0.2) is 46.6 Å². The molecule has 1 fully saturated rings. The van der Waals surface area contributed by atoms with Crippen molar-refractivity contribution in [3.05, 3.63) is 96.0 Å². The molecule has 11 nitrogen and oxygen atoms in total. The fourth-order valence-corrected chi connectivity index (χ4v) is 4.98. The Bertz CT molecular complexity index is 1590. The summed E-state index contributed by atoms with van der Waals surface area (Å²) in [6.45, 7) is 0.416. The first-order chi connectivity index (χ1) is 19.2. The van der Waals surface area contributed by atoms with E-state index in [1.807, 2.05) is 18.2 Å². The van der Waals surface area contributed by atoms with E-state index in [4.69, 9.17) is 14.1 Å². The molecule has 2 aromatic carbocycles. The van der Waals surface area contributed by atoms with Crippen molar-refractivity contribution in [3.8, 4) is 11.5 Å². The van der Waals surface area contributed by atoms with E-state index in [0.717, 1.165) is 18.4 Å². The van der Waals surface area contributed by atoms with E-state index < -0.39 is 10.3 Å². The summed E-state index contributed by atoms with van der Waals surface area (Å²) in [6.07, 6.45) is 6.67. The lowest BCUT2D eigenvalue weighted by molar-refractivity contribution is 0.103. The van der Waals surface area contributed by atoms with E-state index in [1.54, 1.807) is 35.1 Å². The molecule has 208 valence electrons. The number of carbonyl (C=O) groups excluding carboxylic acids is 1. The SMILES string of the molecule is NS(=O)(=O)OCC1CCC(Nc2ncncc2C(=O)c2ccn(Cc3cccc(Oc4ccc(F)cc4)c3)n2)C1. The Morgan fingerprint density at radius 3 is 2.75 bits per heavy atom. The minimum Gasteiger partial charge on any atom is -0.457 e. The zero-order valence-electron chi connectivity index (χ0n) is 21.3. The van der Waals surface area contributed by atoms with Gasteiger partial charge in [-0.25, -0.2) is 19.5 Å². The van der Waals surface area contributed by atoms with E-state index in [2.05, 4.69) is 20.4 Å². The van der Waals surface area contributed by atoms with E-state index in [1.165, 1.54) is 24.7 Å². The zero-order chi connectivity index (χ0) is 28.1. The minimum absolute atomic E-state index is 0.0162. The van der Waals surface area contributed by atoms with Crippen LogP contribution in [0, 0.1) is 11.7 Å². The van der Waals surface area contributed by atoms with Crippen LogP contribution in [0.4, 0.5) is 10.2 Å². The highest BCUT2D eigenvalue weighted by atomic mass is 32.2. The van der Waals surface area contributed by atoms with Crippen LogP contribution in [-0.2, 0) is 21.0 Å². The van der Waals surface area contributed by atoms with Crippen molar-refractivity contribution < 1.29 is 26.5 Å². The second-order valence-electron chi connectivity index (χ2n) is 9.51. The van der Waals surface area contributed by atoms with Gasteiger partial charge in [0.2, 0.25) is 5.78 Å². The third kappa shape index (κ3) is 7.25. The normalized spacial score (nSPS) is 17.1. The number of aromatic nitrogens is 4. The van der Waals surface area contributed by atoms with Crippen molar-refractivity contribution in [2.75, 3.05) is 11.9 Å². The largest absolute Gasteiger partial charge is 0.457 e. The van der Waals surface area contributed by atoms with Gasteiger partial charge in [0.15, 0.2) is 0 Å². The fourth-order valence-electron chi connectivity index (χ4n) is 4.59. The predicted molar refractivity (Wildman–Crippen MR) is 144 cm³/mol. The number of nitrogens with two attached hydrogens (primary N) is 1. The highest BCUT2D eigenvalue weighted by Gasteiger charge is 2.28. The highest BCUT2D eigenvalue weighted by molar-refractivity contribution is 7.84. The quantitative estimate of drug-likeness (QED) is 0.259. The molecule has 0 aliphatic heterocycles. The molecule has 2 heterocycles. The van der Waals surface area contributed by atoms with Gasteiger partial charge in [0.25, 0.3) is 0 Å². The highest BCUT2D eigenvalue weighted by Crippen LogP contribution is 2.29. The Balaban J connectivity index is 1.22. The molecule has 0 spiro atoms. The van der Waals surface area contributed by atoms with Gasteiger partial charge in [-0.2, -0.15) is 13.5 Å². The van der Waals surface area contributed by atoms with Crippen LogP contribution in [0.15, 0.2) is 73.3 Å². The number of ether oxygens (including phenoxy) is 1. The van der Waals surface area contributed by atoms with Crippen LogP contribution in [0.2, 0.25) is 0 Å². The molecule has 2 unspecified atom stereocenters. The standard InChI is InChI=1S/C27H27FN6O5S/c28-20-5-8-22(9-6-20)39-23-3-1-2-18(13-23)15-34-11-10-25(33-34)26(35)24-14-30-17-31-27(24)32-21-7-4-19(12-21)16-38-40(29,36)37/h1-3,5-6,8-11,13-14,17,19,21H,4,7,12,15-16H2,(H2,29,36,37)(H,30,31,32). The molecule has 1 saturated carbocycles. The molecule has 13 heteroatoms. The number of nitrogens with one attached hydrogen (secondary N) is 1. The summed E-state index contributed by atoms with van der Waals surface area (Å²) in [5.74, 6) is 0.850. The molecule has 0 bridgehead atoms.